The van der Waals surface area contributed by atoms with Gasteiger partial charge in [0.1, 0.15) is 0 Å². The second-order valence-electron chi connectivity index (χ2n) is 23.6. The SMILES string of the molecule is c1ccc(-c2nc(-c3ccccc3)nc(-c3ccc(-c4ccc5c(-c6ccc(-c7nc(-c8ccccc8)nc(-c8ccccc8-c8ccc9c(c8)c8ccccc8c8c%10ccccc%10ccc98)n7)cc6)cc6c7ccccc7c7ccccc7c6c5c4)cc3)n2)cc1. The average molecular weight is 1170 g/mol. The van der Waals surface area contributed by atoms with Crippen LogP contribution in [0.5, 0.6) is 0 Å². The van der Waals surface area contributed by atoms with Crippen LogP contribution in [0.15, 0.2) is 315 Å². The molecule has 0 fully saturated rings. The summed E-state index contributed by atoms with van der Waals surface area (Å²) in [7, 11) is 0. The fourth-order valence-corrected chi connectivity index (χ4v) is 13.9. The van der Waals surface area contributed by atoms with E-state index in [0.717, 1.165) is 72.1 Å². The Kier molecular flexibility index (Phi) is 12.5. The zero-order chi connectivity index (χ0) is 60.6. The van der Waals surface area contributed by atoms with E-state index in [1.54, 1.807) is 0 Å². The topological polar surface area (TPSA) is 77.3 Å². The lowest BCUT2D eigenvalue weighted by atomic mass is 9.86. The average Bonchev–Trinajstić information content (AvgIpc) is 0.738. The quantitative estimate of drug-likeness (QED) is 0.134. The molecular formula is C86H52N6. The first-order chi connectivity index (χ1) is 45.6. The van der Waals surface area contributed by atoms with Gasteiger partial charge >= 0.3 is 0 Å². The third-order valence-electron chi connectivity index (χ3n) is 18.3. The Morgan fingerprint density at radius 1 is 0.141 bits per heavy atom. The first-order valence-electron chi connectivity index (χ1n) is 31.2. The van der Waals surface area contributed by atoms with Gasteiger partial charge in [-0.25, -0.2) is 29.9 Å². The van der Waals surface area contributed by atoms with Crippen molar-refractivity contribution in [3.63, 3.8) is 0 Å². The van der Waals surface area contributed by atoms with E-state index >= 15 is 0 Å². The van der Waals surface area contributed by atoms with Crippen molar-refractivity contribution in [2.24, 2.45) is 0 Å². The fraction of sp³-hybridized carbons (Fsp3) is 0. The van der Waals surface area contributed by atoms with Gasteiger partial charge in [-0.3, -0.25) is 0 Å². The van der Waals surface area contributed by atoms with Crippen LogP contribution in [-0.2, 0) is 0 Å². The number of fused-ring (bicyclic) bond motifs is 16. The van der Waals surface area contributed by atoms with Crippen molar-refractivity contribution in [1.82, 2.24) is 29.9 Å². The number of rotatable bonds is 9. The molecule has 2 heterocycles. The van der Waals surface area contributed by atoms with Crippen molar-refractivity contribution in [2.45, 2.75) is 0 Å². The van der Waals surface area contributed by atoms with Crippen molar-refractivity contribution in [1.29, 1.82) is 0 Å². The molecule has 0 bridgehead atoms. The largest absolute Gasteiger partial charge is 0.208 e. The Labute approximate surface area is 530 Å². The summed E-state index contributed by atoms with van der Waals surface area (Å²) in [6.07, 6.45) is 0. The van der Waals surface area contributed by atoms with Crippen LogP contribution in [0, 0.1) is 0 Å². The fourth-order valence-electron chi connectivity index (χ4n) is 13.9. The van der Waals surface area contributed by atoms with E-state index in [2.05, 4.69) is 237 Å². The van der Waals surface area contributed by atoms with Crippen molar-refractivity contribution in [3.05, 3.63) is 315 Å². The van der Waals surface area contributed by atoms with Gasteiger partial charge < -0.3 is 0 Å². The summed E-state index contributed by atoms with van der Waals surface area (Å²) >= 11 is 0. The molecule has 0 aliphatic carbocycles. The van der Waals surface area contributed by atoms with Crippen LogP contribution in [0.25, 0.3) is 188 Å². The molecule has 0 atom stereocenters. The van der Waals surface area contributed by atoms with Gasteiger partial charge in [0.2, 0.25) is 0 Å². The smallest absolute Gasteiger partial charge is 0.164 e. The molecule has 6 nitrogen and oxygen atoms in total. The zero-order valence-corrected chi connectivity index (χ0v) is 49.7. The van der Waals surface area contributed by atoms with Crippen molar-refractivity contribution in [3.8, 4) is 102 Å². The molecular weight excluding hydrogens is 1120 g/mol. The summed E-state index contributed by atoms with van der Waals surface area (Å²) in [4.78, 5) is 30.9. The van der Waals surface area contributed by atoms with Gasteiger partial charge in [0.25, 0.3) is 0 Å². The predicted octanol–water partition coefficient (Wildman–Crippen LogP) is 22.3. The first kappa shape index (κ1) is 52.7. The maximum atomic E-state index is 5.39. The number of benzene rings is 16. The molecule has 0 spiro atoms. The standard InChI is InChI=1S/C86H52N6/c1-4-21-56(22-5-1)81-87-82(57-23-6-2-7-24-57)89-84(88-81)59-40-36-53(37-41-59)61-45-47-70-75(52-78-67-31-14-13-29-65(67)66-30-15-17-33-71(66)80(78)77(70)50-61)55-38-42-60(43-39-55)85-90-83(58-25-8-3-9-26-58)91-86(92-85)74-35-19-12-27-63(74)62-46-48-69-73-49-44-54-20-10-11-28-64(54)79(73)72-34-18-16-32-68(72)76(69)51-62/h1-52H. The molecule has 0 aliphatic rings. The van der Waals surface area contributed by atoms with E-state index in [9.17, 15) is 0 Å². The lowest BCUT2D eigenvalue weighted by Gasteiger charge is -2.17. The third kappa shape index (κ3) is 8.95. The van der Waals surface area contributed by atoms with E-state index in [1.165, 1.54) is 80.8 Å². The van der Waals surface area contributed by atoms with E-state index in [0.29, 0.717) is 34.9 Å². The molecule has 18 rings (SSSR count). The van der Waals surface area contributed by atoms with Crippen molar-refractivity contribution < 1.29 is 0 Å². The molecule has 2 aromatic heterocycles. The lowest BCUT2D eigenvalue weighted by Crippen LogP contribution is -2.01. The molecule has 0 aliphatic heterocycles. The summed E-state index contributed by atoms with van der Waals surface area (Å²) in [5.74, 6) is 3.70. The maximum Gasteiger partial charge on any atom is 0.164 e. The second kappa shape index (κ2) is 21.7. The normalized spacial score (nSPS) is 11.7. The van der Waals surface area contributed by atoms with E-state index < -0.39 is 0 Å². The Morgan fingerprint density at radius 2 is 0.467 bits per heavy atom. The van der Waals surface area contributed by atoms with Crippen LogP contribution < -0.4 is 0 Å². The summed E-state index contributed by atoms with van der Waals surface area (Å²) in [6.45, 7) is 0. The molecule has 0 unspecified atom stereocenters. The van der Waals surface area contributed by atoms with Gasteiger partial charge in [-0.05, 0) is 138 Å². The van der Waals surface area contributed by atoms with Crippen LogP contribution in [0.2, 0.25) is 0 Å². The Hall–Kier alpha value is -12.4. The molecule has 0 radical (unpaired) electrons. The zero-order valence-electron chi connectivity index (χ0n) is 49.7. The van der Waals surface area contributed by atoms with Gasteiger partial charge in [-0.2, -0.15) is 0 Å². The molecule has 0 amide bonds. The van der Waals surface area contributed by atoms with Crippen LogP contribution in [0.1, 0.15) is 0 Å². The molecule has 92 heavy (non-hydrogen) atoms. The number of aromatic nitrogens is 6. The monoisotopic (exact) mass is 1170 g/mol. The highest BCUT2D eigenvalue weighted by Crippen LogP contribution is 2.46. The minimum absolute atomic E-state index is 0.596. The lowest BCUT2D eigenvalue weighted by molar-refractivity contribution is 1.07. The van der Waals surface area contributed by atoms with E-state index in [-0.39, 0.29) is 0 Å². The van der Waals surface area contributed by atoms with E-state index in [4.69, 9.17) is 29.9 Å². The molecule has 0 saturated carbocycles. The summed E-state index contributed by atoms with van der Waals surface area (Å²) < 4.78 is 0. The highest BCUT2D eigenvalue weighted by molar-refractivity contribution is 6.34. The highest BCUT2D eigenvalue weighted by atomic mass is 15.0. The van der Waals surface area contributed by atoms with Crippen LogP contribution in [0.3, 0.4) is 0 Å². The minimum Gasteiger partial charge on any atom is -0.208 e. The van der Waals surface area contributed by atoms with Crippen LogP contribution in [0.4, 0.5) is 0 Å². The Morgan fingerprint density at radius 3 is 1.03 bits per heavy atom. The number of nitrogens with zero attached hydrogens (tertiary/aromatic N) is 6. The molecule has 6 heteroatoms. The molecule has 0 N–H and O–H groups in total. The number of hydrogen-bond acceptors (Lipinski definition) is 6. The molecule has 426 valence electrons. The summed E-state index contributed by atoms with van der Waals surface area (Å²) in [5, 5.41) is 19.6. The van der Waals surface area contributed by atoms with Crippen molar-refractivity contribution in [2.75, 3.05) is 0 Å². The highest BCUT2D eigenvalue weighted by Gasteiger charge is 2.21. The second-order valence-corrected chi connectivity index (χ2v) is 23.6. The predicted molar refractivity (Wildman–Crippen MR) is 382 cm³/mol. The summed E-state index contributed by atoms with van der Waals surface area (Å²) in [6, 6.07) is 112. The Bertz CT molecular complexity index is 5900. The van der Waals surface area contributed by atoms with Crippen molar-refractivity contribution >= 4 is 86.2 Å². The maximum absolute atomic E-state index is 5.39. The summed E-state index contributed by atoms with van der Waals surface area (Å²) in [5.41, 5.74) is 12.1. The minimum atomic E-state index is 0.596. The third-order valence-corrected chi connectivity index (χ3v) is 18.3. The van der Waals surface area contributed by atoms with E-state index in [1.807, 2.05) is 78.9 Å². The first-order valence-corrected chi connectivity index (χ1v) is 31.2. The van der Waals surface area contributed by atoms with Gasteiger partial charge in [0, 0.05) is 33.4 Å². The molecule has 0 saturated heterocycles. The van der Waals surface area contributed by atoms with Crippen LogP contribution in [-0.4, -0.2) is 29.9 Å². The van der Waals surface area contributed by atoms with Gasteiger partial charge in [-0.1, -0.05) is 297 Å². The van der Waals surface area contributed by atoms with Gasteiger partial charge in [-0.15, -0.1) is 0 Å². The van der Waals surface area contributed by atoms with Gasteiger partial charge in [0.05, 0.1) is 0 Å². The molecule has 18 aromatic rings. The van der Waals surface area contributed by atoms with Gasteiger partial charge in [0.15, 0.2) is 34.9 Å². The van der Waals surface area contributed by atoms with Crippen LogP contribution >= 0.6 is 0 Å². The molecule has 16 aromatic carbocycles. The number of hydrogen-bond donors (Lipinski definition) is 0. The Balaban J connectivity index is 0.755.